The van der Waals surface area contributed by atoms with E-state index in [2.05, 4.69) is 20.1 Å². The van der Waals surface area contributed by atoms with Crippen molar-refractivity contribution in [3.63, 3.8) is 0 Å². The predicted molar refractivity (Wildman–Crippen MR) is 50.1 cm³/mol. The first-order valence-electron chi connectivity index (χ1n) is 3.68. The van der Waals surface area contributed by atoms with E-state index < -0.39 is 0 Å². The Morgan fingerprint density at radius 1 is 1.30 bits per heavy atom. The molecule has 0 rings (SSSR count). The van der Waals surface area contributed by atoms with Gasteiger partial charge in [-0.1, -0.05) is 44.2 Å². The highest BCUT2D eigenvalue weighted by Gasteiger charge is 1.61. The Balaban J connectivity index is 0. The van der Waals surface area contributed by atoms with Crippen molar-refractivity contribution in [3.05, 3.63) is 37.5 Å². The zero-order valence-corrected chi connectivity index (χ0v) is 7.14. The van der Waals surface area contributed by atoms with Gasteiger partial charge in [-0.2, -0.15) is 0 Å². The molecule has 0 amide bonds. The number of hydrogen-bond acceptors (Lipinski definition) is 0. The average Bonchev–Trinajstić information content (AvgIpc) is 1.93. The molecule has 0 bridgehead atoms. The summed E-state index contributed by atoms with van der Waals surface area (Å²) in [7, 11) is 0. The summed E-state index contributed by atoms with van der Waals surface area (Å²) in [5.41, 5.74) is 0. The number of rotatable bonds is 3. The summed E-state index contributed by atoms with van der Waals surface area (Å²) < 4.78 is 0. The Morgan fingerprint density at radius 3 is 1.90 bits per heavy atom. The second-order valence-electron chi connectivity index (χ2n) is 1.84. The molecule has 0 radical (unpaired) electrons. The van der Waals surface area contributed by atoms with Crippen LogP contribution in [-0.4, -0.2) is 0 Å². The van der Waals surface area contributed by atoms with Crippen LogP contribution in [0.2, 0.25) is 0 Å². The van der Waals surface area contributed by atoms with Crippen LogP contribution in [0, 0.1) is 0 Å². The van der Waals surface area contributed by atoms with Crippen molar-refractivity contribution in [2.45, 2.75) is 26.7 Å². The molecule has 0 heterocycles. The number of unbranched alkanes of at least 4 members (excludes halogenated alkanes) is 1. The lowest BCUT2D eigenvalue weighted by atomic mass is 10.3. The molecule has 0 spiro atoms. The van der Waals surface area contributed by atoms with Gasteiger partial charge in [0.15, 0.2) is 0 Å². The molecular formula is C10H18. The average molecular weight is 138 g/mol. The molecule has 0 saturated heterocycles. The SMILES string of the molecule is C=CC=CC.C=CCCC. The highest BCUT2D eigenvalue weighted by molar-refractivity contribution is 4.94. The molecule has 0 atom stereocenters. The Labute approximate surface area is 65.0 Å². The second kappa shape index (κ2) is 15.7. The first-order valence-corrected chi connectivity index (χ1v) is 3.68. The fourth-order valence-corrected chi connectivity index (χ4v) is 0.340. The van der Waals surface area contributed by atoms with E-state index in [0.29, 0.717) is 0 Å². The van der Waals surface area contributed by atoms with Crippen molar-refractivity contribution < 1.29 is 0 Å². The van der Waals surface area contributed by atoms with Crippen LogP contribution in [0.4, 0.5) is 0 Å². The summed E-state index contributed by atoms with van der Waals surface area (Å²) in [6.45, 7) is 11.1. The van der Waals surface area contributed by atoms with Gasteiger partial charge < -0.3 is 0 Å². The molecule has 0 heteroatoms. The van der Waals surface area contributed by atoms with Crippen molar-refractivity contribution in [1.29, 1.82) is 0 Å². The van der Waals surface area contributed by atoms with Gasteiger partial charge in [0, 0.05) is 0 Å². The van der Waals surface area contributed by atoms with Gasteiger partial charge >= 0.3 is 0 Å². The van der Waals surface area contributed by atoms with Gasteiger partial charge in [0.2, 0.25) is 0 Å². The summed E-state index contributed by atoms with van der Waals surface area (Å²) in [6.07, 6.45) is 9.89. The normalized spacial score (nSPS) is 8.20. The first-order chi connectivity index (χ1) is 4.83. The second-order valence-corrected chi connectivity index (χ2v) is 1.84. The molecule has 0 nitrogen and oxygen atoms in total. The van der Waals surface area contributed by atoms with Crippen LogP contribution < -0.4 is 0 Å². The van der Waals surface area contributed by atoms with E-state index in [1.54, 1.807) is 6.08 Å². The third kappa shape index (κ3) is 26.9. The van der Waals surface area contributed by atoms with E-state index in [1.807, 2.05) is 25.2 Å². The number of allylic oxidation sites excluding steroid dienone is 4. The summed E-state index contributed by atoms with van der Waals surface area (Å²) >= 11 is 0. The third-order valence-electron chi connectivity index (χ3n) is 0.821. The topological polar surface area (TPSA) is 0 Å². The zero-order chi connectivity index (χ0) is 8.24. The minimum absolute atomic E-state index is 1.15. The van der Waals surface area contributed by atoms with E-state index in [0.717, 1.165) is 6.42 Å². The monoisotopic (exact) mass is 138 g/mol. The Morgan fingerprint density at radius 2 is 1.90 bits per heavy atom. The summed E-state index contributed by atoms with van der Waals surface area (Å²) in [5.74, 6) is 0. The lowest BCUT2D eigenvalue weighted by molar-refractivity contribution is 0.961. The summed E-state index contributed by atoms with van der Waals surface area (Å²) in [4.78, 5) is 0. The van der Waals surface area contributed by atoms with Gasteiger partial charge in [-0.3, -0.25) is 0 Å². The van der Waals surface area contributed by atoms with Crippen LogP contribution in [-0.2, 0) is 0 Å². The minimum atomic E-state index is 1.15. The smallest absolute Gasteiger partial charge is 0.0356 e. The van der Waals surface area contributed by atoms with Crippen LogP contribution in [0.5, 0.6) is 0 Å². The van der Waals surface area contributed by atoms with Crippen molar-refractivity contribution in [3.8, 4) is 0 Å². The fourth-order valence-electron chi connectivity index (χ4n) is 0.340. The van der Waals surface area contributed by atoms with Gasteiger partial charge in [-0.25, -0.2) is 0 Å². The molecule has 0 aliphatic heterocycles. The van der Waals surface area contributed by atoms with Crippen molar-refractivity contribution in [2.75, 3.05) is 0 Å². The molecule has 0 aromatic heterocycles. The maximum Gasteiger partial charge on any atom is -0.0356 e. The van der Waals surface area contributed by atoms with Crippen LogP contribution in [0.1, 0.15) is 26.7 Å². The molecule has 0 unspecified atom stereocenters. The molecule has 0 saturated carbocycles. The maximum absolute atomic E-state index is 3.55. The van der Waals surface area contributed by atoms with Gasteiger partial charge in [0.05, 0.1) is 0 Å². The maximum atomic E-state index is 3.55. The standard InChI is InChI=1S/C5H10.C5H8/c2*1-3-5-4-2/h3H,1,4-5H2,2H3;3-5H,1H2,2H3. The first kappa shape index (κ1) is 12.0. The van der Waals surface area contributed by atoms with Crippen LogP contribution in [0.15, 0.2) is 37.5 Å². The molecule has 10 heavy (non-hydrogen) atoms. The molecule has 0 aromatic carbocycles. The lowest BCUT2D eigenvalue weighted by Gasteiger charge is -1.72. The summed E-state index contributed by atoms with van der Waals surface area (Å²) in [5, 5.41) is 0. The Hall–Kier alpha value is -0.780. The van der Waals surface area contributed by atoms with Crippen LogP contribution >= 0.6 is 0 Å². The lowest BCUT2D eigenvalue weighted by Crippen LogP contribution is -1.52. The Kier molecular flexibility index (Phi) is 18.8. The van der Waals surface area contributed by atoms with E-state index in [1.165, 1.54) is 6.42 Å². The van der Waals surface area contributed by atoms with Crippen LogP contribution in [0.25, 0.3) is 0 Å². The van der Waals surface area contributed by atoms with Gasteiger partial charge in [0.1, 0.15) is 0 Å². The van der Waals surface area contributed by atoms with E-state index in [-0.39, 0.29) is 0 Å². The largest absolute Gasteiger partial charge is 0.103 e. The van der Waals surface area contributed by atoms with Gasteiger partial charge in [-0.05, 0) is 13.3 Å². The van der Waals surface area contributed by atoms with E-state index in [4.69, 9.17) is 0 Å². The van der Waals surface area contributed by atoms with E-state index in [9.17, 15) is 0 Å². The predicted octanol–water partition coefficient (Wildman–Crippen LogP) is 3.72. The highest BCUT2D eigenvalue weighted by atomic mass is 13.7. The molecule has 0 aliphatic rings. The molecular weight excluding hydrogens is 120 g/mol. The molecule has 0 aromatic rings. The molecule has 0 N–H and O–H groups in total. The summed E-state index contributed by atoms with van der Waals surface area (Å²) in [6, 6.07) is 0. The zero-order valence-electron chi connectivity index (χ0n) is 7.14. The molecule has 58 valence electrons. The van der Waals surface area contributed by atoms with Crippen molar-refractivity contribution >= 4 is 0 Å². The molecule has 0 fully saturated rings. The Bertz CT molecular complexity index is 88.2. The quantitative estimate of drug-likeness (QED) is 0.412. The van der Waals surface area contributed by atoms with Gasteiger partial charge in [-0.15, -0.1) is 6.58 Å². The van der Waals surface area contributed by atoms with Crippen LogP contribution in [0.3, 0.4) is 0 Å². The van der Waals surface area contributed by atoms with Crippen molar-refractivity contribution in [1.82, 2.24) is 0 Å². The fraction of sp³-hybridized carbons (Fsp3) is 0.400. The third-order valence-corrected chi connectivity index (χ3v) is 0.821. The highest BCUT2D eigenvalue weighted by Crippen LogP contribution is 1.82. The van der Waals surface area contributed by atoms with Gasteiger partial charge in [0.25, 0.3) is 0 Å². The number of hydrogen-bond donors (Lipinski definition) is 0. The minimum Gasteiger partial charge on any atom is -0.103 e. The van der Waals surface area contributed by atoms with E-state index >= 15 is 0 Å². The van der Waals surface area contributed by atoms with Crippen molar-refractivity contribution in [2.24, 2.45) is 0 Å². The molecule has 0 aliphatic carbocycles.